The van der Waals surface area contributed by atoms with Gasteiger partial charge in [-0.05, 0) is 17.5 Å². The van der Waals surface area contributed by atoms with Crippen LogP contribution in [0.15, 0.2) is 24.3 Å². The molecule has 0 aromatic heterocycles. The van der Waals surface area contributed by atoms with Gasteiger partial charge in [0.1, 0.15) is 0 Å². The van der Waals surface area contributed by atoms with Gasteiger partial charge < -0.3 is 10.5 Å². The summed E-state index contributed by atoms with van der Waals surface area (Å²) < 4.78 is 4.60. The third-order valence-electron chi connectivity index (χ3n) is 2.45. The Kier molecular flexibility index (Phi) is 4.31. The highest BCUT2D eigenvalue weighted by molar-refractivity contribution is 5.70. The highest BCUT2D eigenvalue weighted by Crippen LogP contribution is 2.19. The predicted molar refractivity (Wildman–Crippen MR) is 59.4 cm³/mol. The maximum atomic E-state index is 11.1. The zero-order valence-corrected chi connectivity index (χ0v) is 9.19. The van der Waals surface area contributed by atoms with E-state index in [1.807, 2.05) is 24.3 Å². The molecule has 0 spiro atoms. The molecule has 0 aliphatic carbocycles. The molecule has 0 fully saturated rings. The average molecular weight is 207 g/mol. The number of hydrogen-bond acceptors (Lipinski definition) is 3. The van der Waals surface area contributed by atoms with Gasteiger partial charge in [0.2, 0.25) is 0 Å². The molecule has 3 nitrogen and oxygen atoms in total. The van der Waals surface area contributed by atoms with Crippen molar-refractivity contribution >= 4 is 5.97 Å². The van der Waals surface area contributed by atoms with Crippen LogP contribution in [-0.2, 0) is 16.0 Å². The van der Waals surface area contributed by atoms with Crippen molar-refractivity contribution in [2.45, 2.75) is 25.8 Å². The third-order valence-corrected chi connectivity index (χ3v) is 2.45. The minimum atomic E-state index is -0.270. The Hall–Kier alpha value is -1.35. The van der Waals surface area contributed by atoms with Gasteiger partial charge in [0.25, 0.3) is 0 Å². The number of carbonyl (C=O) groups is 1. The van der Waals surface area contributed by atoms with Crippen LogP contribution in [0, 0.1) is 0 Å². The number of benzene rings is 1. The van der Waals surface area contributed by atoms with E-state index in [4.69, 9.17) is 5.73 Å². The first-order valence-corrected chi connectivity index (χ1v) is 5.09. The third kappa shape index (κ3) is 3.06. The van der Waals surface area contributed by atoms with Gasteiger partial charge in [-0.25, -0.2) is 0 Å². The number of hydrogen-bond donors (Lipinski definition) is 1. The summed E-state index contributed by atoms with van der Waals surface area (Å²) in [6.45, 7) is 2.07. The summed E-state index contributed by atoms with van der Waals surface area (Å²) >= 11 is 0. The van der Waals surface area contributed by atoms with Gasteiger partial charge in [0.05, 0.1) is 13.5 Å². The Morgan fingerprint density at radius 3 is 2.73 bits per heavy atom. The molecule has 1 rings (SSSR count). The topological polar surface area (TPSA) is 52.3 Å². The van der Waals surface area contributed by atoms with E-state index in [0.717, 1.165) is 12.0 Å². The predicted octanol–water partition coefficient (Wildman–Crippen LogP) is 1.81. The molecule has 1 atom stereocenters. The lowest BCUT2D eigenvalue weighted by atomic mass is 9.97. The molecule has 15 heavy (non-hydrogen) atoms. The van der Waals surface area contributed by atoms with Crippen molar-refractivity contribution in [1.29, 1.82) is 0 Å². The SMILES string of the molecule is CCc1ccccc1[C@@H](N)CC(=O)OC. The second-order valence-corrected chi connectivity index (χ2v) is 3.44. The molecular formula is C12H17NO2. The summed E-state index contributed by atoms with van der Waals surface area (Å²) in [5.41, 5.74) is 8.17. The van der Waals surface area contributed by atoms with E-state index in [1.165, 1.54) is 12.7 Å². The van der Waals surface area contributed by atoms with Crippen LogP contribution in [0.2, 0.25) is 0 Å². The fraction of sp³-hybridized carbons (Fsp3) is 0.417. The Labute approximate surface area is 90.2 Å². The Bertz CT molecular complexity index is 336. The van der Waals surface area contributed by atoms with E-state index in [9.17, 15) is 4.79 Å². The zero-order valence-electron chi connectivity index (χ0n) is 9.19. The van der Waals surface area contributed by atoms with Crippen LogP contribution >= 0.6 is 0 Å². The van der Waals surface area contributed by atoms with Gasteiger partial charge in [-0.1, -0.05) is 31.2 Å². The second kappa shape index (κ2) is 5.51. The molecule has 0 saturated carbocycles. The molecule has 0 unspecified atom stereocenters. The van der Waals surface area contributed by atoms with E-state index in [0.29, 0.717) is 0 Å². The Morgan fingerprint density at radius 2 is 2.13 bits per heavy atom. The number of ether oxygens (including phenoxy) is 1. The van der Waals surface area contributed by atoms with Gasteiger partial charge in [-0.3, -0.25) is 4.79 Å². The molecule has 0 aliphatic rings. The Morgan fingerprint density at radius 1 is 1.47 bits per heavy atom. The molecule has 1 aromatic rings. The molecule has 3 heteroatoms. The molecule has 0 aliphatic heterocycles. The van der Waals surface area contributed by atoms with Crippen molar-refractivity contribution in [2.75, 3.05) is 7.11 Å². The van der Waals surface area contributed by atoms with Crippen LogP contribution in [0.3, 0.4) is 0 Å². The minimum Gasteiger partial charge on any atom is -0.469 e. The first-order chi connectivity index (χ1) is 7.19. The molecule has 0 bridgehead atoms. The summed E-state index contributed by atoms with van der Waals surface area (Å²) in [7, 11) is 1.38. The summed E-state index contributed by atoms with van der Waals surface area (Å²) in [6, 6.07) is 7.64. The quantitative estimate of drug-likeness (QED) is 0.766. The lowest BCUT2D eigenvalue weighted by molar-refractivity contribution is -0.141. The van der Waals surface area contributed by atoms with E-state index >= 15 is 0 Å². The van der Waals surface area contributed by atoms with Crippen LogP contribution in [-0.4, -0.2) is 13.1 Å². The summed E-state index contributed by atoms with van der Waals surface area (Å²) in [5, 5.41) is 0. The zero-order chi connectivity index (χ0) is 11.3. The maximum absolute atomic E-state index is 11.1. The van der Waals surface area contributed by atoms with E-state index < -0.39 is 0 Å². The number of carbonyl (C=O) groups excluding carboxylic acids is 1. The summed E-state index contributed by atoms with van der Waals surface area (Å²) in [5.74, 6) is -0.270. The first kappa shape index (κ1) is 11.7. The molecule has 0 radical (unpaired) electrons. The van der Waals surface area contributed by atoms with Gasteiger partial charge in [0, 0.05) is 6.04 Å². The van der Waals surface area contributed by atoms with Crippen LogP contribution < -0.4 is 5.73 Å². The van der Waals surface area contributed by atoms with E-state index in [-0.39, 0.29) is 18.4 Å². The first-order valence-electron chi connectivity index (χ1n) is 5.09. The fourth-order valence-corrected chi connectivity index (χ4v) is 1.59. The normalized spacial score (nSPS) is 12.2. The van der Waals surface area contributed by atoms with Gasteiger partial charge >= 0.3 is 5.97 Å². The number of esters is 1. The maximum Gasteiger partial charge on any atom is 0.307 e. The second-order valence-electron chi connectivity index (χ2n) is 3.44. The monoisotopic (exact) mass is 207 g/mol. The highest BCUT2D eigenvalue weighted by atomic mass is 16.5. The lowest BCUT2D eigenvalue weighted by Crippen LogP contribution is -2.17. The van der Waals surface area contributed by atoms with Crippen LogP contribution in [0.4, 0.5) is 0 Å². The average Bonchev–Trinajstić information content (AvgIpc) is 2.28. The van der Waals surface area contributed by atoms with E-state index in [1.54, 1.807) is 0 Å². The van der Waals surface area contributed by atoms with Crippen LogP contribution in [0.1, 0.15) is 30.5 Å². The van der Waals surface area contributed by atoms with Crippen molar-refractivity contribution in [2.24, 2.45) is 5.73 Å². The molecular weight excluding hydrogens is 190 g/mol. The number of aryl methyl sites for hydroxylation is 1. The van der Waals surface area contributed by atoms with Crippen molar-refractivity contribution < 1.29 is 9.53 Å². The van der Waals surface area contributed by atoms with Crippen molar-refractivity contribution in [3.63, 3.8) is 0 Å². The van der Waals surface area contributed by atoms with Crippen molar-refractivity contribution in [3.05, 3.63) is 35.4 Å². The van der Waals surface area contributed by atoms with E-state index in [2.05, 4.69) is 11.7 Å². The molecule has 0 heterocycles. The smallest absolute Gasteiger partial charge is 0.307 e. The molecule has 1 aromatic carbocycles. The van der Waals surface area contributed by atoms with Crippen molar-refractivity contribution in [1.82, 2.24) is 0 Å². The van der Waals surface area contributed by atoms with Crippen LogP contribution in [0.25, 0.3) is 0 Å². The Balaban J connectivity index is 2.80. The largest absolute Gasteiger partial charge is 0.469 e. The molecule has 82 valence electrons. The van der Waals surface area contributed by atoms with Crippen LogP contribution in [0.5, 0.6) is 0 Å². The highest BCUT2D eigenvalue weighted by Gasteiger charge is 2.13. The lowest BCUT2D eigenvalue weighted by Gasteiger charge is -2.14. The number of rotatable bonds is 4. The van der Waals surface area contributed by atoms with Gasteiger partial charge in [-0.2, -0.15) is 0 Å². The minimum absolute atomic E-state index is 0.230. The number of nitrogens with two attached hydrogens (primary N) is 1. The summed E-state index contributed by atoms with van der Waals surface area (Å²) in [4.78, 5) is 11.1. The fourth-order valence-electron chi connectivity index (χ4n) is 1.59. The molecule has 0 saturated heterocycles. The molecule has 2 N–H and O–H groups in total. The number of methoxy groups -OCH3 is 1. The van der Waals surface area contributed by atoms with Gasteiger partial charge in [-0.15, -0.1) is 0 Å². The van der Waals surface area contributed by atoms with Gasteiger partial charge in [0.15, 0.2) is 0 Å². The van der Waals surface area contributed by atoms with Crippen molar-refractivity contribution in [3.8, 4) is 0 Å². The standard InChI is InChI=1S/C12H17NO2/c1-3-9-6-4-5-7-10(9)11(13)8-12(14)15-2/h4-7,11H,3,8,13H2,1-2H3/t11-/m0/s1. The molecule has 0 amide bonds. The summed E-state index contributed by atoms with van der Waals surface area (Å²) in [6.07, 6.45) is 1.15.